The van der Waals surface area contributed by atoms with Crippen LogP contribution < -0.4 is 9.80 Å². The highest BCUT2D eigenvalue weighted by Crippen LogP contribution is 2.63. The molecular formula is C25H29N3O. The third kappa shape index (κ3) is 2.02. The van der Waals surface area contributed by atoms with Crippen LogP contribution >= 0.6 is 0 Å². The number of anilines is 3. The molecule has 3 unspecified atom stereocenters. The number of hydrogen-bond acceptors (Lipinski definition) is 4. The lowest BCUT2D eigenvalue weighted by atomic mass is 9.54. The molecule has 3 atom stereocenters. The predicted molar refractivity (Wildman–Crippen MR) is 120 cm³/mol. The molecule has 4 heterocycles. The highest BCUT2D eigenvalue weighted by Gasteiger charge is 2.61. The van der Waals surface area contributed by atoms with Gasteiger partial charge in [0.2, 0.25) is 0 Å². The van der Waals surface area contributed by atoms with E-state index in [1.54, 1.807) is 6.26 Å². The fourth-order valence-electron chi connectivity index (χ4n) is 6.08. The van der Waals surface area contributed by atoms with Gasteiger partial charge in [-0.1, -0.05) is 26.8 Å². The average molecular weight is 388 g/mol. The maximum Gasteiger partial charge on any atom is 0.158 e. The van der Waals surface area contributed by atoms with E-state index in [1.165, 1.54) is 16.9 Å². The Kier molecular flexibility index (Phi) is 3.86. The van der Waals surface area contributed by atoms with E-state index < -0.39 is 0 Å². The molecule has 3 aromatic rings. The van der Waals surface area contributed by atoms with Gasteiger partial charge >= 0.3 is 0 Å². The maximum absolute atomic E-state index is 5.81. The molecule has 1 aromatic carbocycles. The largest absolute Gasteiger partial charge is 0.464 e. The molecule has 2 aromatic heterocycles. The number of benzene rings is 1. The van der Waals surface area contributed by atoms with Gasteiger partial charge in [-0.3, -0.25) is 0 Å². The van der Waals surface area contributed by atoms with Crippen LogP contribution in [0.15, 0.2) is 59.9 Å². The monoisotopic (exact) mass is 387 g/mol. The summed E-state index contributed by atoms with van der Waals surface area (Å²) in [4.78, 5) is 9.85. The number of nitrogens with zero attached hydrogens (tertiary/aromatic N) is 3. The molecular weight excluding hydrogens is 358 g/mol. The Labute approximate surface area is 172 Å². The van der Waals surface area contributed by atoms with Gasteiger partial charge in [0.15, 0.2) is 5.82 Å². The third-order valence-corrected chi connectivity index (χ3v) is 7.72. The fraction of sp³-hybridized carbons (Fsp3) is 0.400. The van der Waals surface area contributed by atoms with Gasteiger partial charge in [-0.25, -0.2) is 4.98 Å². The summed E-state index contributed by atoms with van der Waals surface area (Å²) in [6.07, 6.45) is 8.11. The average Bonchev–Trinajstić information content (AvgIpc) is 3.35. The van der Waals surface area contributed by atoms with Gasteiger partial charge in [-0.15, -0.1) is 6.58 Å². The molecule has 0 aliphatic carbocycles. The first kappa shape index (κ1) is 18.3. The Hall–Kier alpha value is -2.75. The van der Waals surface area contributed by atoms with Crippen LogP contribution in [0.1, 0.15) is 46.1 Å². The quantitative estimate of drug-likeness (QED) is 0.485. The van der Waals surface area contributed by atoms with E-state index in [9.17, 15) is 0 Å². The van der Waals surface area contributed by atoms with Crippen LogP contribution in [0.2, 0.25) is 0 Å². The molecule has 2 aliphatic heterocycles. The number of pyridine rings is 1. The van der Waals surface area contributed by atoms with Gasteiger partial charge in [-0.05, 0) is 55.7 Å². The lowest BCUT2D eigenvalue weighted by molar-refractivity contribution is 0.115. The van der Waals surface area contributed by atoms with Crippen molar-refractivity contribution >= 4 is 28.2 Å². The lowest BCUT2D eigenvalue weighted by Crippen LogP contribution is -2.63. The van der Waals surface area contributed by atoms with Crippen molar-refractivity contribution in [2.45, 2.75) is 52.1 Å². The molecule has 29 heavy (non-hydrogen) atoms. The zero-order valence-electron chi connectivity index (χ0n) is 17.8. The van der Waals surface area contributed by atoms with E-state index in [0.717, 1.165) is 36.2 Å². The molecule has 0 fully saturated rings. The molecule has 0 N–H and O–H groups in total. The lowest BCUT2D eigenvalue weighted by Gasteiger charge is -2.59. The summed E-state index contributed by atoms with van der Waals surface area (Å²) in [7, 11) is 0. The molecule has 150 valence electrons. The van der Waals surface area contributed by atoms with Gasteiger partial charge in [0.25, 0.3) is 0 Å². The fourth-order valence-corrected chi connectivity index (χ4v) is 6.08. The summed E-state index contributed by atoms with van der Waals surface area (Å²) in [5.41, 5.74) is 4.48. The van der Waals surface area contributed by atoms with Crippen molar-refractivity contribution in [2.75, 3.05) is 16.3 Å². The van der Waals surface area contributed by atoms with Crippen LogP contribution in [0.25, 0.3) is 11.0 Å². The minimum atomic E-state index is -0.158. The number of hydrogen-bond donors (Lipinski definition) is 0. The smallest absolute Gasteiger partial charge is 0.158 e. The van der Waals surface area contributed by atoms with Crippen molar-refractivity contribution in [1.82, 2.24) is 4.98 Å². The van der Waals surface area contributed by atoms with Crippen LogP contribution in [0.4, 0.5) is 17.2 Å². The number of aromatic nitrogens is 1. The van der Waals surface area contributed by atoms with Crippen molar-refractivity contribution < 1.29 is 4.42 Å². The van der Waals surface area contributed by atoms with E-state index in [1.807, 2.05) is 18.3 Å². The summed E-state index contributed by atoms with van der Waals surface area (Å²) in [6, 6.07) is 10.8. The van der Waals surface area contributed by atoms with E-state index in [4.69, 9.17) is 9.40 Å². The number of rotatable bonds is 4. The molecule has 0 saturated heterocycles. The summed E-state index contributed by atoms with van der Waals surface area (Å²) in [6.45, 7) is 14.6. The summed E-state index contributed by atoms with van der Waals surface area (Å²) < 4.78 is 5.81. The van der Waals surface area contributed by atoms with Crippen LogP contribution in [0.5, 0.6) is 0 Å². The summed E-state index contributed by atoms with van der Waals surface area (Å²) in [5, 5.41) is 1.13. The Balaban J connectivity index is 1.92. The second-order valence-corrected chi connectivity index (χ2v) is 8.50. The number of fused-ring (bicyclic) bond motifs is 6. The Bertz CT molecular complexity index is 1100. The van der Waals surface area contributed by atoms with Gasteiger partial charge in [0, 0.05) is 34.6 Å². The van der Waals surface area contributed by atoms with Crippen molar-refractivity contribution in [3.63, 3.8) is 0 Å². The van der Waals surface area contributed by atoms with E-state index in [-0.39, 0.29) is 17.0 Å². The maximum atomic E-state index is 5.81. The Morgan fingerprint density at radius 3 is 2.69 bits per heavy atom. The topological polar surface area (TPSA) is 32.5 Å². The van der Waals surface area contributed by atoms with Crippen molar-refractivity contribution in [2.24, 2.45) is 5.41 Å². The number of furan rings is 1. The number of allylic oxidation sites excluding steroid dienone is 1. The summed E-state index contributed by atoms with van der Waals surface area (Å²) in [5.74, 6) is 1.05. The zero-order valence-corrected chi connectivity index (χ0v) is 17.8. The Morgan fingerprint density at radius 1 is 1.17 bits per heavy atom. The van der Waals surface area contributed by atoms with Crippen molar-refractivity contribution in [1.29, 1.82) is 0 Å². The normalized spacial score (nSPS) is 27.7. The Morgan fingerprint density at radius 2 is 2.00 bits per heavy atom. The molecule has 0 amide bonds. The second-order valence-electron chi connectivity index (χ2n) is 8.50. The molecule has 2 aliphatic rings. The molecule has 5 rings (SSSR count). The minimum absolute atomic E-state index is 0.0481. The highest BCUT2D eigenvalue weighted by molar-refractivity contribution is 5.91. The minimum Gasteiger partial charge on any atom is -0.464 e. The highest BCUT2D eigenvalue weighted by atomic mass is 16.3. The van der Waals surface area contributed by atoms with Gasteiger partial charge in [-0.2, -0.15) is 0 Å². The van der Waals surface area contributed by atoms with E-state index in [2.05, 4.69) is 68.3 Å². The molecule has 0 spiro atoms. The van der Waals surface area contributed by atoms with Crippen molar-refractivity contribution in [3.05, 3.63) is 61.0 Å². The van der Waals surface area contributed by atoms with Gasteiger partial charge in [0.1, 0.15) is 11.7 Å². The second kappa shape index (κ2) is 6.12. The molecule has 4 heteroatoms. The van der Waals surface area contributed by atoms with Gasteiger partial charge < -0.3 is 14.2 Å². The van der Waals surface area contributed by atoms with Crippen LogP contribution in [0.3, 0.4) is 0 Å². The standard InChI is InChI=1S/C25H29N3O/c1-6-24(5)23-27(9-4)19-11-10-13-26-22(19)28(23)20-15-17-12-14-29-21(17)16-18(20)25(24,7-2)8-3/h7,10-16,23H,2,6,8-9H2,1,3-5H3. The third-order valence-electron chi connectivity index (χ3n) is 7.72. The molecule has 0 saturated carbocycles. The first-order chi connectivity index (χ1) is 14.1. The van der Waals surface area contributed by atoms with Gasteiger partial charge in [0.05, 0.1) is 12.0 Å². The van der Waals surface area contributed by atoms with Crippen LogP contribution in [0, 0.1) is 5.41 Å². The van der Waals surface area contributed by atoms with E-state index >= 15 is 0 Å². The summed E-state index contributed by atoms with van der Waals surface area (Å²) >= 11 is 0. The van der Waals surface area contributed by atoms with Crippen LogP contribution in [-0.4, -0.2) is 17.7 Å². The van der Waals surface area contributed by atoms with E-state index in [0.29, 0.717) is 0 Å². The van der Waals surface area contributed by atoms with Crippen LogP contribution in [-0.2, 0) is 5.41 Å². The first-order valence-electron chi connectivity index (χ1n) is 10.7. The first-order valence-corrected chi connectivity index (χ1v) is 10.7. The zero-order chi connectivity index (χ0) is 20.4. The molecule has 0 bridgehead atoms. The molecule has 0 radical (unpaired) electrons. The predicted octanol–water partition coefficient (Wildman–Crippen LogP) is 6.40. The molecule has 4 nitrogen and oxygen atoms in total. The van der Waals surface area contributed by atoms with Crippen molar-refractivity contribution in [3.8, 4) is 0 Å². The SMILES string of the molecule is C=CC1(CC)c2cc3occc3cc2N2c3ncccc3N(CC)C2C1(C)CC.